The third-order valence-corrected chi connectivity index (χ3v) is 4.89. The molecule has 3 aromatic rings. The molecule has 4 rings (SSSR count). The highest BCUT2D eigenvalue weighted by atomic mass is 16.5. The molecule has 0 bridgehead atoms. The molecule has 0 unspecified atom stereocenters. The third kappa shape index (κ3) is 4.40. The molecular weight excluding hydrogens is 350 g/mol. The number of likely N-dealkylation sites (N-methyl/N-ethyl adjacent to an activating group) is 1. The summed E-state index contributed by atoms with van der Waals surface area (Å²) in [5.41, 5.74) is 0.833. The van der Waals surface area contributed by atoms with Crippen LogP contribution in [-0.4, -0.2) is 47.6 Å². The van der Waals surface area contributed by atoms with E-state index >= 15 is 0 Å². The Bertz CT molecular complexity index is 894. The van der Waals surface area contributed by atoms with Crippen molar-refractivity contribution in [3.8, 4) is 11.5 Å². The lowest BCUT2D eigenvalue weighted by atomic mass is 10.3. The fraction of sp³-hybridized carbons (Fsp3) is 0.273. The van der Waals surface area contributed by atoms with E-state index in [0.717, 1.165) is 55.7 Å². The van der Waals surface area contributed by atoms with Crippen LogP contribution in [0.25, 0.3) is 0 Å². The maximum atomic E-state index is 6.02. The molecule has 144 valence electrons. The highest BCUT2D eigenvalue weighted by molar-refractivity contribution is 5.63. The van der Waals surface area contributed by atoms with E-state index in [4.69, 9.17) is 9.72 Å². The fourth-order valence-corrected chi connectivity index (χ4v) is 3.27. The SMILES string of the molecule is CCN1CCN(c2ccnc(Nc3ccccc3Oc3ccccc3)n2)CC1. The van der Waals surface area contributed by atoms with Gasteiger partial charge in [-0.2, -0.15) is 4.98 Å². The monoisotopic (exact) mass is 375 g/mol. The van der Waals surface area contributed by atoms with E-state index in [2.05, 4.69) is 27.0 Å². The summed E-state index contributed by atoms with van der Waals surface area (Å²) in [6.07, 6.45) is 1.80. The van der Waals surface area contributed by atoms with Gasteiger partial charge in [-0.05, 0) is 36.9 Å². The van der Waals surface area contributed by atoms with Crippen LogP contribution in [0, 0.1) is 0 Å². The van der Waals surface area contributed by atoms with Crippen LogP contribution in [0.1, 0.15) is 6.92 Å². The minimum absolute atomic E-state index is 0.569. The summed E-state index contributed by atoms with van der Waals surface area (Å²) in [5, 5.41) is 3.31. The molecule has 1 aliphatic rings. The topological polar surface area (TPSA) is 53.5 Å². The number of hydrogen-bond donors (Lipinski definition) is 1. The van der Waals surface area contributed by atoms with Gasteiger partial charge < -0.3 is 19.9 Å². The maximum absolute atomic E-state index is 6.02. The average molecular weight is 375 g/mol. The van der Waals surface area contributed by atoms with Gasteiger partial charge in [-0.1, -0.05) is 37.3 Å². The molecule has 0 amide bonds. The second-order valence-electron chi connectivity index (χ2n) is 6.70. The van der Waals surface area contributed by atoms with E-state index < -0.39 is 0 Å². The number of piperazine rings is 1. The summed E-state index contributed by atoms with van der Waals surface area (Å²) >= 11 is 0. The fourth-order valence-electron chi connectivity index (χ4n) is 3.27. The second kappa shape index (κ2) is 8.71. The number of rotatable bonds is 6. The highest BCUT2D eigenvalue weighted by Crippen LogP contribution is 2.30. The number of benzene rings is 2. The zero-order valence-corrected chi connectivity index (χ0v) is 16.1. The second-order valence-corrected chi connectivity index (χ2v) is 6.70. The van der Waals surface area contributed by atoms with Crippen molar-refractivity contribution in [2.75, 3.05) is 42.9 Å². The van der Waals surface area contributed by atoms with Gasteiger partial charge in [0, 0.05) is 32.4 Å². The number of para-hydroxylation sites is 3. The molecule has 2 aromatic carbocycles. The Kier molecular flexibility index (Phi) is 5.68. The smallest absolute Gasteiger partial charge is 0.229 e. The predicted octanol–water partition coefficient (Wildman–Crippen LogP) is 4.15. The lowest BCUT2D eigenvalue weighted by Gasteiger charge is -2.34. The Morgan fingerprint density at radius 3 is 2.46 bits per heavy atom. The Labute approximate surface area is 165 Å². The van der Waals surface area contributed by atoms with Crippen LogP contribution >= 0.6 is 0 Å². The summed E-state index contributed by atoms with van der Waals surface area (Å²) < 4.78 is 6.02. The molecule has 0 radical (unpaired) electrons. The van der Waals surface area contributed by atoms with Crippen molar-refractivity contribution < 1.29 is 4.74 Å². The Hall–Kier alpha value is -3.12. The van der Waals surface area contributed by atoms with E-state index in [0.29, 0.717) is 5.95 Å². The van der Waals surface area contributed by atoms with Gasteiger partial charge in [0.2, 0.25) is 5.95 Å². The first kappa shape index (κ1) is 18.3. The largest absolute Gasteiger partial charge is 0.455 e. The van der Waals surface area contributed by atoms with Gasteiger partial charge in [0.1, 0.15) is 11.6 Å². The first-order valence-electron chi connectivity index (χ1n) is 9.71. The molecule has 6 heteroatoms. The quantitative estimate of drug-likeness (QED) is 0.698. The molecule has 1 N–H and O–H groups in total. The van der Waals surface area contributed by atoms with Gasteiger partial charge in [0.15, 0.2) is 5.75 Å². The van der Waals surface area contributed by atoms with Crippen LogP contribution in [0.2, 0.25) is 0 Å². The van der Waals surface area contributed by atoms with Gasteiger partial charge in [-0.25, -0.2) is 4.98 Å². The van der Waals surface area contributed by atoms with Crippen molar-refractivity contribution in [1.29, 1.82) is 0 Å². The van der Waals surface area contributed by atoms with Crippen molar-refractivity contribution in [1.82, 2.24) is 14.9 Å². The van der Waals surface area contributed by atoms with E-state index in [1.54, 1.807) is 6.20 Å². The minimum Gasteiger partial charge on any atom is -0.455 e. The molecule has 0 saturated carbocycles. The Balaban J connectivity index is 1.49. The number of aromatic nitrogens is 2. The molecule has 1 fully saturated rings. The molecule has 1 aromatic heterocycles. The molecule has 0 spiro atoms. The molecule has 6 nitrogen and oxygen atoms in total. The van der Waals surface area contributed by atoms with Gasteiger partial charge in [0.25, 0.3) is 0 Å². The first-order chi connectivity index (χ1) is 13.8. The number of ether oxygens (including phenoxy) is 1. The first-order valence-corrected chi connectivity index (χ1v) is 9.71. The van der Waals surface area contributed by atoms with E-state index in [1.807, 2.05) is 60.7 Å². The van der Waals surface area contributed by atoms with Gasteiger partial charge in [-0.3, -0.25) is 0 Å². The number of nitrogens with zero attached hydrogens (tertiary/aromatic N) is 4. The normalized spacial score (nSPS) is 14.7. The van der Waals surface area contributed by atoms with Crippen LogP contribution in [0.4, 0.5) is 17.5 Å². The molecule has 1 aliphatic heterocycles. The van der Waals surface area contributed by atoms with Gasteiger partial charge in [0.05, 0.1) is 5.69 Å². The van der Waals surface area contributed by atoms with Crippen LogP contribution in [0.5, 0.6) is 11.5 Å². The van der Waals surface area contributed by atoms with Crippen LogP contribution in [0.3, 0.4) is 0 Å². The van der Waals surface area contributed by atoms with Crippen molar-refractivity contribution in [2.24, 2.45) is 0 Å². The van der Waals surface area contributed by atoms with Crippen molar-refractivity contribution in [3.63, 3.8) is 0 Å². The summed E-state index contributed by atoms with van der Waals surface area (Å²) in [4.78, 5) is 13.9. The van der Waals surface area contributed by atoms with E-state index in [9.17, 15) is 0 Å². The van der Waals surface area contributed by atoms with Crippen LogP contribution in [-0.2, 0) is 0 Å². The Morgan fingerprint density at radius 2 is 1.68 bits per heavy atom. The van der Waals surface area contributed by atoms with Gasteiger partial charge >= 0.3 is 0 Å². The molecular formula is C22H25N5O. The maximum Gasteiger partial charge on any atom is 0.229 e. The number of nitrogens with one attached hydrogen (secondary N) is 1. The summed E-state index contributed by atoms with van der Waals surface area (Å²) in [7, 11) is 0. The van der Waals surface area contributed by atoms with Gasteiger partial charge in [-0.15, -0.1) is 0 Å². The summed E-state index contributed by atoms with van der Waals surface area (Å²) in [5.74, 6) is 3.05. The van der Waals surface area contributed by atoms with Crippen molar-refractivity contribution >= 4 is 17.5 Å². The molecule has 0 aliphatic carbocycles. The lowest BCUT2D eigenvalue weighted by molar-refractivity contribution is 0.270. The summed E-state index contributed by atoms with van der Waals surface area (Å²) in [6.45, 7) is 7.41. The van der Waals surface area contributed by atoms with Crippen molar-refractivity contribution in [3.05, 3.63) is 66.9 Å². The molecule has 0 atom stereocenters. The summed E-state index contributed by atoms with van der Waals surface area (Å²) in [6, 6.07) is 19.5. The van der Waals surface area contributed by atoms with Crippen LogP contribution in [0.15, 0.2) is 66.9 Å². The minimum atomic E-state index is 0.569. The highest BCUT2D eigenvalue weighted by Gasteiger charge is 2.17. The molecule has 2 heterocycles. The van der Waals surface area contributed by atoms with Crippen molar-refractivity contribution in [2.45, 2.75) is 6.92 Å². The average Bonchev–Trinajstić information content (AvgIpc) is 2.76. The number of hydrogen-bond acceptors (Lipinski definition) is 6. The van der Waals surface area contributed by atoms with Crippen LogP contribution < -0.4 is 15.0 Å². The lowest BCUT2D eigenvalue weighted by Crippen LogP contribution is -2.46. The zero-order chi connectivity index (χ0) is 19.2. The predicted molar refractivity (Wildman–Crippen MR) is 113 cm³/mol. The molecule has 1 saturated heterocycles. The van der Waals surface area contributed by atoms with E-state index in [1.165, 1.54) is 0 Å². The van der Waals surface area contributed by atoms with E-state index in [-0.39, 0.29) is 0 Å². The number of anilines is 3. The molecule has 28 heavy (non-hydrogen) atoms. The Morgan fingerprint density at radius 1 is 0.929 bits per heavy atom. The standard InChI is InChI=1S/C22H25N5O/c1-2-26-14-16-27(17-15-26)21-12-13-23-22(25-21)24-19-10-6-7-11-20(19)28-18-8-4-3-5-9-18/h3-13H,2,14-17H2,1H3,(H,23,24,25). The third-order valence-electron chi connectivity index (χ3n) is 4.89. The zero-order valence-electron chi connectivity index (χ0n) is 16.1.